The maximum Gasteiger partial charge on any atom is 0.130 e. The molecule has 2 nitrogen and oxygen atoms in total. The Morgan fingerprint density at radius 1 is 1.05 bits per heavy atom. The number of aryl methyl sites for hydroxylation is 1. The largest absolute Gasteiger partial charge is 0.344 e. The first-order valence-electron chi connectivity index (χ1n) is 6.81. The second-order valence-electron chi connectivity index (χ2n) is 5.03. The van der Waals surface area contributed by atoms with Crippen LogP contribution < -0.4 is 10.2 Å². The molecule has 2 aromatic carbocycles. The van der Waals surface area contributed by atoms with Crippen LogP contribution in [0.3, 0.4) is 0 Å². The van der Waals surface area contributed by atoms with Crippen molar-refractivity contribution in [3.63, 3.8) is 0 Å². The minimum Gasteiger partial charge on any atom is -0.344 e. The summed E-state index contributed by atoms with van der Waals surface area (Å²) < 4.78 is 14.2. The van der Waals surface area contributed by atoms with Crippen LogP contribution in [0.2, 0.25) is 0 Å². The van der Waals surface area contributed by atoms with Gasteiger partial charge in [-0.05, 0) is 44.7 Å². The Bertz CT molecular complexity index is 595. The number of nitrogens with zero attached hydrogens (tertiary/aromatic N) is 1. The maximum absolute atomic E-state index is 14.2. The predicted molar refractivity (Wildman–Crippen MR) is 83.1 cm³/mol. The first-order chi connectivity index (χ1) is 9.56. The highest BCUT2D eigenvalue weighted by atomic mass is 19.1. The van der Waals surface area contributed by atoms with Gasteiger partial charge in [0, 0.05) is 30.0 Å². The summed E-state index contributed by atoms with van der Waals surface area (Å²) in [5, 5.41) is 3.12. The van der Waals surface area contributed by atoms with E-state index in [1.165, 1.54) is 11.6 Å². The summed E-state index contributed by atoms with van der Waals surface area (Å²) in [6, 6.07) is 13.3. The van der Waals surface area contributed by atoms with Crippen LogP contribution in [-0.2, 0) is 0 Å². The summed E-state index contributed by atoms with van der Waals surface area (Å²) in [6.45, 7) is 4.03. The summed E-state index contributed by atoms with van der Waals surface area (Å²) in [4.78, 5) is 2.04. The fourth-order valence-corrected chi connectivity index (χ4v) is 2.46. The van der Waals surface area contributed by atoms with Crippen LogP contribution in [0.25, 0.3) is 0 Å². The van der Waals surface area contributed by atoms with Crippen LogP contribution >= 0.6 is 0 Å². The molecular formula is C17H21FN2. The molecule has 3 heteroatoms. The normalized spacial score (nSPS) is 12.2. The number of halogens is 1. The zero-order valence-corrected chi connectivity index (χ0v) is 12.4. The first-order valence-corrected chi connectivity index (χ1v) is 6.81. The summed E-state index contributed by atoms with van der Waals surface area (Å²) >= 11 is 0. The van der Waals surface area contributed by atoms with Gasteiger partial charge in [0.05, 0.1) is 0 Å². The Morgan fingerprint density at radius 2 is 1.70 bits per heavy atom. The van der Waals surface area contributed by atoms with Gasteiger partial charge in [0.15, 0.2) is 0 Å². The van der Waals surface area contributed by atoms with E-state index >= 15 is 0 Å². The molecule has 0 aromatic heterocycles. The van der Waals surface area contributed by atoms with E-state index in [4.69, 9.17) is 0 Å². The first kappa shape index (κ1) is 14.5. The zero-order chi connectivity index (χ0) is 14.7. The molecule has 0 bridgehead atoms. The second kappa shape index (κ2) is 6.06. The third-order valence-electron chi connectivity index (χ3n) is 3.73. The molecule has 0 saturated heterocycles. The van der Waals surface area contributed by atoms with Gasteiger partial charge in [-0.2, -0.15) is 0 Å². The molecule has 0 aliphatic carbocycles. The Labute approximate surface area is 120 Å². The maximum atomic E-state index is 14.2. The van der Waals surface area contributed by atoms with E-state index in [2.05, 4.69) is 18.3 Å². The van der Waals surface area contributed by atoms with Gasteiger partial charge in [0.25, 0.3) is 0 Å². The number of nitrogens with one attached hydrogen (secondary N) is 1. The number of benzene rings is 2. The highest BCUT2D eigenvalue weighted by molar-refractivity contribution is 5.68. The van der Waals surface area contributed by atoms with Crippen molar-refractivity contribution in [3.05, 3.63) is 59.4 Å². The van der Waals surface area contributed by atoms with Gasteiger partial charge in [-0.25, -0.2) is 4.39 Å². The fourth-order valence-electron chi connectivity index (χ4n) is 2.46. The van der Waals surface area contributed by atoms with Crippen molar-refractivity contribution in [2.45, 2.75) is 19.9 Å². The summed E-state index contributed by atoms with van der Waals surface area (Å²) in [5.74, 6) is -0.176. The summed E-state index contributed by atoms with van der Waals surface area (Å²) in [5.41, 5.74) is 3.84. The monoisotopic (exact) mass is 272 g/mol. The number of hydrogen-bond donors (Lipinski definition) is 1. The van der Waals surface area contributed by atoms with Gasteiger partial charge in [0.2, 0.25) is 0 Å². The van der Waals surface area contributed by atoms with Crippen molar-refractivity contribution in [1.29, 1.82) is 0 Å². The molecule has 1 N–H and O–H groups in total. The van der Waals surface area contributed by atoms with E-state index in [0.29, 0.717) is 5.56 Å². The van der Waals surface area contributed by atoms with E-state index < -0.39 is 0 Å². The van der Waals surface area contributed by atoms with E-state index in [1.54, 1.807) is 6.07 Å². The van der Waals surface area contributed by atoms with Crippen molar-refractivity contribution in [3.8, 4) is 0 Å². The predicted octanol–water partition coefficient (Wildman–Crippen LogP) is 4.18. The number of rotatable bonds is 4. The SMILES string of the molecule is CNC(C)c1c(F)cccc1N(C)c1ccccc1C. The van der Waals surface area contributed by atoms with Crippen LogP contribution in [-0.4, -0.2) is 14.1 Å². The van der Waals surface area contributed by atoms with Gasteiger partial charge in [0.1, 0.15) is 5.82 Å². The molecule has 106 valence electrons. The quantitative estimate of drug-likeness (QED) is 0.898. The third kappa shape index (κ3) is 2.68. The van der Waals surface area contributed by atoms with Gasteiger partial charge in [-0.1, -0.05) is 24.3 Å². The molecule has 0 amide bonds. The van der Waals surface area contributed by atoms with Crippen molar-refractivity contribution >= 4 is 11.4 Å². The summed E-state index contributed by atoms with van der Waals surface area (Å²) in [7, 11) is 3.82. The average Bonchev–Trinajstić information content (AvgIpc) is 2.46. The lowest BCUT2D eigenvalue weighted by atomic mass is 10.0. The molecule has 0 saturated carbocycles. The molecule has 1 atom stereocenters. The van der Waals surface area contributed by atoms with Gasteiger partial charge in [-0.15, -0.1) is 0 Å². The van der Waals surface area contributed by atoms with Crippen LogP contribution in [0, 0.1) is 12.7 Å². The molecule has 0 aliphatic heterocycles. The van der Waals surface area contributed by atoms with Crippen LogP contribution in [0.15, 0.2) is 42.5 Å². The summed E-state index contributed by atoms with van der Waals surface area (Å²) in [6.07, 6.45) is 0. The van der Waals surface area contributed by atoms with E-state index in [0.717, 1.165) is 11.4 Å². The molecule has 0 fully saturated rings. The zero-order valence-electron chi connectivity index (χ0n) is 12.4. The van der Waals surface area contributed by atoms with Crippen LogP contribution in [0.5, 0.6) is 0 Å². The van der Waals surface area contributed by atoms with Gasteiger partial charge < -0.3 is 10.2 Å². The second-order valence-corrected chi connectivity index (χ2v) is 5.03. The molecule has 2 rings (SSSR count). The highest BCUT2D eigenvalue weighted by Crippen LogP contribution is 2.33. The minimum atomic E-state index is -0.176. The van der Waals surface area contributed by atoms with E-state index in [9.17, 15) is 4.39 Å². The molecule has 0 radical (unpaired) electrons. The lowest BCUT2D eigenvalue weighted by Crippen LogP contribution is -2.20. The lowest BCUT2D eigenvalue weighted by Gasteiger charge is -2.26. The van der Waals surface area contributed by atoms with E-state index in [-0.39, 0.29) is 11.9 Å². The fraction of sp³-hybridized carbons (Fsp3) is 0.294. The van der Waals surface area contributed by atoms with E-state index in [1.807, 2.05) is 50.2 Å². The lowest BCUT2D eigenvalue weighted by molar-refractivity contribution is 0.562. The number of hydrogen-bond acceptors (Lipinski definition) is 2. The van der Waals surface area contributed by atoms with Crippen LogP contribution in [0.1, 0.15) is 24.1 Å². The van der Waals surface area contributed by atoms with Crippen molar-refractivity contribution < 1.29 is 4.39 Å². The third-order valence-corrected chi connectivity index (χ3v) is 3.73. The molecule has 0 heterocycles. The molecule has 1 unspecified atom stereocenters. The number of para-hydroxylation sites is 1. The van der Waals surface area contributed by atoms with Crippen molar-refractivity contribution in [2.75, 3.05) is 19.0 Å². The van der Waals surface area contributed by atoms with Crippen molar-refractivity contribution in [1.82, 2.24) is 5.32 Å². The highest BCUT2D eigenvalue weighted by Gasteiger charge is 2.18. The Balaban J connectivity index is 2.53. The van der Waals surface area contributed by atoms with Crippen LogP contribution in [0.4, 0.5) is 15.8 Å². The topological polar surface area (TPSA) is 15.3 Å². The number of anilines is 2. The molecular weight excluding hydrogens is 251 g/mol. The Morgan fingerprint density at radius 3 is 2.35 bits per heavy atom. The minimum absolute atomic E-state index is 0.0438. The van der Waals surface area contributed by atoms with Gasteiger partial charge >= 0.3 is 0 Å². The Hall–Kier alpha value is -1.87. The van der Waals surface area contributed by atoms with Crippen molar-refractivity contribution in [2.24, 2.45) is 0 Å². The molecule has 0 aliphatic rings. The molecule has 2 aromatic rings. The molecule has 20 heavy (non-hydrogen) atoms. The average molecular weight is 272 g/mol. The molecule has 0 spiro atoms. The smallest absolute Gasteiger partial charge is 0.130 e. The standard InChI is InChI=1S/C17H21FN2/c1-12-8-5-6-10-15(12)20(4)16-11-7-9-14(18)17(16)13(2)19-3/h5-11,13,19H,1-4H3. The Kier molecular flexibility index (Phi) is 4.40. The van der Waals surface area contributed by atoms with Gasteiger partial charge in [-0.3, -0.25) is 0 Å².